The second-order valence-electron chi connectivity index (χ2n) is 2.78. The molecule has 0 aromatic rings. The molecule has 0 saturated carbocycles. The fraction of sp³-hybridized carbons (Fsp3) is 0.455. The van der Waals surface area contributed by atoms with E-state index in [-0.39, 0.29) is 0 Å². The Morgan fingerprint density at radius 1 is 1.45 bits per heavy atom. The van der Waals surface area contributed by atoms with Crippen molar-refractivity contribution in [2.45, 2.75) is 27.2 Å². The topological polar surface area (TPSA) is 0 Å². The van der Waals surface area contributed by atoms with Crippen LogP contribution in [-0.4, -0.2) is 0 Å². The molecule has 0 aliphatic rings. The molecule has 1 unspecified atom stereocenters. The first-order valence-corrected chi connectivity index (χ1v) is 4.15. The third-order valence-electron chi connectivity index (χ3n) is 1.71. The van der Waals surface area contributed by atoms with Gasteiger partial charge in [-0.25, -0.2) is 0 Å². The molecule has 0 spiro atoms. The summed E-state index contributed by atoms with van der Waals surface area (Å²) in [6, 6.07) is 0. The minimum atomic E-state index is 0.581. The normalized spacial score (nSPS) is 15.4. The highest BCUT2D eigenvalue weighted by atomic mass is 14.0. The fourth-order valence-corrected chi connectivity index (χ4v) is 0.951. The molecule has 0 amide bonds. The first-order valence-electron chi connectivity index (χ1n) is 4.15. The minimum absolute atomic E-state index is 0.581. The van der Waals surface area contributed by atoms with Crippen molar-refractivity contribution in [1.82, 2.24) is 0 Å². The summed E-state index contributed by atoms with van der Waals surface area (Å²) in [5.74, 6) is 0.581. The molecule has 0 aliphatic carbocycles. The summed E-state index contributed by atoms with van der Waals surface area (Å²) in [5, 5.41) is 0. The van der Waals surface area contributed by atoms with Gasteiger partial charge in [0.25, 0.3) is 0 Å². The van der Waals surface area contributed by atoms with Crippen molar-refractivity contribution in [2.24, 2.45) is 5.92 Å². The number of hydrogen-bond donors (Lipinski definition) is 0. The Hall–Kier alpha value is -0.780. The van der Waals surface area contributed by atoms with Gasteiger partial charge in [0.1, 0.15) is 0 Å². The van der Waals surface area contributed by atoms with Gasteiger partial charge in [0.15, 0.2) is 0 Å². The minimum Gasteiger partial charge on any atom is -0.103 e. The maximum Gasteiger partial charge on any atom is -0.0222 e. The molecule has 0 N–H and O–H groups in total. The highest BCUT2D eigenvalue weighted by molar-refractivity contribution is 5.18. The van der Waals surface area contributed by atoms with Gasteiger partial charge in [-0.15, -0.1) is 6.58 Å². The second kappa shape index (κ2) is 5.96. The third kappa shape index (κ3) is 4.60. The van der Waals surface area contributed by atoms with E-state index in [1.807, 2.05) is 13.0 Å². The van der Waals surface area contributed by atoms with Crippen molar-refractivity contribution in [3.63, 3.8) is 0 Å². The molecule has 0 fully saturated rings. The van der Waals surface area contributed by atoms with Crippen LogP contribution >= 0.6 is 0 Å². The summed E-state index contributed by atoms with van der Waals surface area (Å²) in [6.45, 7) is 10.1. The quantitative estimate of drug-likeness (QED) is 0.423. The molecule has 0 aromatic heterocycles. The Kier molecular flexibility index (Phi) is 5.54. The van der Waals surface area contributed by atoms with Gasteiger partial charge in [0, 0.05) is 0 Å². The molecule has 1 atom stereocenters. The fourth-order valence-electron chi connectivity index (χ4n) is 0.951. The molecule has 0 saturated heterocycles. The van der Waals surface area contributed by atoms with Gasteiger partial charge < -0.3 is 0 Å². The van der Waals surface area contributed by atoms with Crippen molar-refractivity contribution in [3.8, 4) is 0 Å². The smallest absolute Gasteiger partial charge is 0.0222 e. The van der Waals surface area contributed by atoms with E-state index in [4.69, 9.17) is 0 Å². The average molecular weight is 150 g/mol. The predicted octanol–water partition coefficient (Wildman–Crippen LogP) is 3.72. The molecule has 0 rings (SSSR count). The first-order chi connectivity index (χ1) is 5.24. The molecular formula is C11H18. The highest BCUT2D eigenvalue weighted by Gasteiger charge is 1.96. The lowest BCUT2D eigenvalue weighted by atomic mass is 10.0. The Morgan fingerprint density at radius 2 is 2.09 bits per heavy atom. The first kappa shape index (κ1) is 10.2. The van der Waals surface area contributed by atoms with E-state index in [1.165, 1.54) is 5.57 Å². The zero-order chi connectivity index (χ0) is 8.69. The van der Waals surface area contributed by atoms with Crippen molar-refractivity contribution in [2.75, 3.05) is 0 Å². The maximum absolute atomic E-state index is 3.76. The Morgan fingerprint density at radius 3 is 2.45 bits per heavy atom. The number of hydrogen-bond acceptors (Lipinski definition) is 0. The van der Waals surface area contributed by atoms with E-state index in [0.717, 1.165) is 6.42 Å². The summed E-state index contributed by atoms with van der Waals surface area (Å²) in [5.41, 5.74) is 1.39. The van der Waals surface area contributed by atoms with Gasteiger partial charge >= 0.3 is 0 Å². The van der Waals surface area contributed by atoms with Crippen LogP contribution in [0.4, 0.5) is 0 Å². The van der Waals surface area contributed by atoms with Crippen LogP contribution < -0.4 is 0 Å². The summed E-state index contributed by atoms with van der Waals surface area (Å²) >= 11 is 0. The van der Waals surface area contributed by atoms with Crippen LogP contribution in [0, 0.1) is 5.92 Å². The van der Waals surface area contributed by atoms with E-state index >= 15 is 0 Å². The lowest BCUT2D eigenvalue weighted by Crippen LogP contribution is -1.89. The average Bonchev–Trinajstić information content (AvgIpc) is 2.03. The molecule has 11 heavy (non-hydrogen) atoms. The number of rotatable bonds is 4. The van der Waals surface area contributed by atoms with Crippen molar-refractivity contribution in [3.05, 3.63) is 36.5 Å². The van der Waals surface area contributed by atoms with E-state index in [0.29, 0.717) is 5.92 Å². The van der Waals surface area contributed by atoms with Crippen LogP contribution in [0.1, 0.15) is 27.2 Å². The van der Waals surface area contributed by atoms with Gasteiger partial charge in [-0.1, -0.05) is 36.8 Å². The molecule has 0 aliphatic heterocycles. The van der Waals surface area contributed by atoms with E-state index in [1.54, 1.807) is 0 Å². The Labute approximate surface area is 70.3 Å². The lowest BCUT2D eigenvalue weighted by molar-refractivity contribution is 0.728. The monoisotopic (exact) mass is 150 g/mol. The van der Waals surface area contributed by atoms with Crippen LogP contribution in [0.5, 0.6) is 0 Å². The van der Waals surface area contributed by atoms with Crippen LogP contribution in [-0.2, 0) is 0 Å². The molecule has 0 heteroatoms. The highest BCUT2D eigenvalue weighted by Crippen LogP contribution is 2.12. The third-order valence-corrected chi connectivity index (χ3v) is 1.71. The summed E-state index contributed by atoms with van der Waals surface area (Å²) in [7, 11) is 0. The second-order valence-corrected chi connectivity index (χ2v) is 2.78. The van der Waals surface area contributed by atoms with Crippen molar-refractivity contribution in [1.29, 1.82) is 0 Å². The van der Waals surface area contributed by atoms with E-state index in [2.05, 4.69) is 38.7 Å². The molecule has 0 aromatic carbocycles. The van der Waals surface area contributed by atoms with Gasteiger partial charge in [-0.2, -0.15) is 0 Å². The van der Waals surface area contributed by atoms with Crippen molar-refractivity contribution < 1.29 is 0 Å². The van der Waals surface area contributed by atoms with Crippen LogP contribution in [0.25, 0.3) is 0 Å². The molecule has 0 radical (unpaired) electrons. The zero-order valence-corrected chi connectivity index (χ0v) is 7.80. The van der Waals surface area contributed by atoms with Crippen LogP contribution in [0.15, 0.2) is 36.5 Å². The molecule has 0 heterocycles. The zero-order valence-electron chi connectivity index (χ0n) is 7.80. The van der Waals surface area contributed by atoms with Gasteiger partial charge in [-0.05, 0) is 26.2 Å². The standard InChI is InChI=1S/C11H18/c1-5-8-11(7-3)9-10(4)6-2/h5-8,10H,2,9H2,1,3-4H3/b8-5+,11-7-. The predicted molar refractivity (Wildman–Crippen MR) is 52.5 cm³/mol. The Balaban J connectivity index is 3.99. The summed E-state index contributed by atoms with van der Waals surface area (Å²) in [6.07, 6.45) is 9.47. The van der Waals surface area contributed by atoms with Gasteiger partial charge in [-0.3, -0.25) is 0 Å². The SMILES string of the molecule is C=CC(C)CC(/C=C/C)=C\C. The van der Waals surface area contributed by atoms with E-state index < -0.39 is 0 Å². The van der Waals surface area contributed by atoms with Gasteiger partial charge in [0.2, 0.25) is 0 Å². The maximum atomic E-state index is 3.76. The van der Waals surface area contributed by atoms with Crippen molar-refractivity contribution >= 4 is 0 Å². The van der Waals surface area contributed by atoms with Gasteiger partial charge in [0.05, 0.1) is 0 Å². The van der Waals surface area contributed by atoms with Crippen LogP contribution in [0.3, 0.4) is 0 Å². The van der Waals surface area contributed by atoms with E-state index in [9.17, 15) is 0 Å². The Bertz CT molecular complexity index is 161. The largest absolute Gasteiger partial charge is 0.103 e. The molecule has 0 nitrogen and oxygen atoms in total. The molecular weight excluding hydrogens is 132 g/mol. The summed E-state index contributed by atoms with van der Waals surface area (Å²) in [4.78, 5) is 0. The molecule has 62 valence electrons. The number of allylic oxidation sites excluding steroid dienone is 5. The van der Waals surface area contributed by atoms with Crippen LogP contribution in [0.2, 0.25) is 0 Å². The summed E-state index contributed by atoms with van der Waals surface area (Å²) < 4.78 is 0. The molecule has 0 bridgehead atoms. The lowest BCUT2D eigenvalue weighted by Gasteiger charge is -2.05.